The van der Waals surface area contributed by atoms with Crippen LogP contribution in [0.3, 0.4) is 0 Å². The Morgan fingerprint density at radius 1 is 0.448 bits per heavy atom. The van der Waals surface area contributed by atoms with Crippen molar-refractivity contribution in [1.82, 2.24) is 26.6 Å². The number of cyclic esters (lactones) is 2. The molecule has 0 aromatic heterocycles. The van der Waals surface area contributed by atoms with Gasteiger partial charge >= 0.3 is 11.9 Å². The first-order valence-corrected chi connectivity index (χ1v) is 22.1. The van der Waals surface area contributed by atoms with Crippen molar-refractivity contribution in [3.63, 3.8) is 0 Å². The molecule has 14 nitrogen and oxygen atoms in total. The first-order chi connectivity index (χ1) is 27.1. The SMILES string of the molecule is CCCC1NC(=O)C(CC(C)C)OC(=O)C(C(C)C)OC(=O)C(C(C)C)NC(=O)C(C)C(CCC)NC(=O)C(C)C(CCC)NC(=O)C(C)C(CCC)NC(=O)C1C. The van der Waals surface area contributed by atoms with Crippen LogP contribution in [0.2, 0.25) is 0 Å². The Balaban J connectivity index is 3.82. The minimum atomic E-state index is -1.38. The normalized spacial score (nSPS) is 31.0. The molecule has 0 aromatic carbocycles. The highest BCUT2D eigenvalue weighted by atomic mass is 16.6. The lowest BCUT2D eigenvalue weighted by Gasteiger charge is -2.32. The van der Waals surface area contributed by atoms with Gasteiger partial charge in [0.1, 0.15) is 6.04 Å². The molecule has 1 aliphatic rings. The molecule has 11 unspecified atom stereocenters. The Bertz CT molecular complexity index is 1350. The summed E-state index contributed by atoms with van der Waals surface area (Å²) in [6.45, 7) is 25.4. The molecule has 0 saturated carbocycles. The minimum Gasteiger partial charge on any atom is -0.450 e. The molecule has 11 atom stereocenters. The Kier molecular flexibility index (Phi) is 23.2. The largest absolute Gasteiger partial charge is 0.450 e. The summed E-state index contributed by atoms with van der Waals surface area (Å²) in [5.41, 5.74) is 0. The van der Waals surface area contributed by atoms with E-state index in [1.807, 2.05) is 41.5 Å². The molecular weight excluding hydrogens is 743 g/mol. The predicted octanol–water partition coefficient (Wildman–Crippen LogP) is 5.35. The van der Waals surface area contributed by atoms with Gasteiger partial charge < -0.3 is 36.1 Å². The lowest BCUT2D eigenvalue weighted by atomic mass is 9.90. The van der Waals surface area contributed by atoms with Gasteiger partial charge in [0.25, 0.3) is 5.91 Å². The van der Waals surface area contributed by atoms with Crippen molar-refractivity contribution < 1.29 is 43.0 Å². The molecule has 14 heteroatoms. The van der Waals surface area contributed by atoms with Crippen molar-refractivity contribution in [2.45, 2.75) is 197 Å². The zero-order chi connectivity index (χ0) is 44.4. The molecule has 0 aliphatic carbocycles. The van der Waals surface area contributed by atoms with Gasteiger partial charge in [-0.25, -0.2) is 9.59 Å². The molecule has 1 rings (SSSR count). The maximum absolute atomic E-state index is 13.9. The van der Waals surface area contributed by atoms with E-state index in [0.717, 1.165) is 0 Å². The summed E-state index contributed by atoms with van der Waals surface area (Å²) < 4.78 is 11.6. The third kappa shape index (κ3) is 16.2. The molecule has 0 radical (unpaired) electrons. The van der Waals surface area contributed by atoms with Crippen LogP contribution in [0.1, 0.15) is 155 Å². The molecule has 1 aliphatic heterocycles. The van der Waals surface area contributed by atoms with Gasteiger partial charge in [-0.2, -0.15) is 0 Å². The van der Waals surface area contributed by atoms with E-state index in [9.17, 15) is 33.6 Å². The molecule has 0 spiro atoms. The van der Waals surface area contributed by atoms with Crippen molar-refractivity contribution in [3.8, 4) is 0 Å². The van der Waals surface area contributed by atoms with Crippen LogP contribution in [-0.4, -0.2) is 83.9 Å². The molecule has 5 amide bonds. The van der Waals surface area contributed by atoms with E-state index in [4.69, 9.17) is 9.47 Å². The number of hydrogen-bond donors (Lipinski definition) is 5. The Morgan fingerprint density at radius 2 is 0.776 bits per heavy atom. The third-order valence-electron chi connectivity index (χ3n) is 11.3. The molecule has 1 fully saturated rings. The van der Waals surface area contributed by atoms with E-state index in [0.29, 0.717) is 51.4 Å². The first kappa shape index (κ1) is 52.3. The summed E-state index contributed by atoms with van der Waals surface area (Å²) in [5.74, 6) is -7.49. The summed E-state index contributed by atoms with van der Waals surface area (Å²) in [7, 11) is 0. The molecule has 1 heterocycles. The zero-order valence-electron chi connectivity index (χ0n) is 38.1. The fraction of sp³-hybridized carbons (Fsp3) is 0.841. The molecule has 0 bridgehead atoms. The van der Waals surface area contributed by atoms with Gasteiger partial charge in [-0.1, -0.05) is 123 Å². The van der Waals surface area contributed by atoms with Gasteiger partial charge in [0.2, 0.25) is 29.7 Å². The summed E-state index contributed by atoms with van der Waals surface area (Å²) in [5, 5.41) is 15.0. The summed E-state index contributed by atoms with van der Waals surface area (Å²) in [6, 6.07) is -3.37. The highest BCUT2D eigenvalue weighted by molar-refractivity contribution is 5.90. The van der Waals surface area contributed by atoms with Gasteiger partial charge in [0.05, 0.1) is 23.7 Å². The molecule has 5 N–H and O–H groups in total. The molecule has 1 saturated heterocycles. The van der Waals surface area contributed by atoms with E-state index < -0.39 is 102 Å². The van der Waals surface area contributed by atoms with Crippen molar-refractivity contribution >= 4 is 41.5 Å². The quantitative estimate of drug-likeness (QED) is 0.161. The lowest BCUT2D eigenvalue weighted by molar-refractivity contribution is -0.178. The average Bonchev–Trinajstić information content (AvgIpc) is 3.15. The zero-order valence-corrected chi connectivity index (χ0v) is 38.1. The van der Waals surface area contributed by atoms with Crippen molar-refractivity contribution in [2.75, 3.05) is 0 Å². The highest BCUT2D eigenvalue weighted by Gasteiger charge is 2.39. The topological polar surface area (TPSA) is 198 Å². The van der Waals surface area contributed by atoms with E-state index in [2.05, 4.69) is 26.6 Å². The smallest absolute Gasteiger partial charge is 0.348 e. The first-order valence-electron chi connectivity index (χ1n) is 22.1. The Morgan fingerprint density at radius 3 is 1.07 bits per heavy atom. The highest BCUT2D eigenvalue weighted by Crippen LogP contribution is 2.21. The number of rotatable bonds is 12. The number of amides is 5. The van der Waals surface area contributed by atoms with Gasteiger partial charge in [0, 0.05) is 30.1 Å². The second-order valence-corrected chi connectivity index (χ2v) is 17.7. The second kappa shape index (κ2) is 25.7. The fourth-order valence-corrected chi connectivity index (χ4v) is 7.26. The molecular formula is C44H79N5O9. The van der Waals surface area contributed by atoms with Crippen LogP contribution in [0.5, 0.6) is 0 Å². The van der Waals surface area contributed by atoms with Gasteiger partial charge in [-0.05, 0) is 43.9 Å². The number of hydrogen-bond acceptors (Lipinski definition) is 9. The molecule has 58 heavy (non-hydrogen) atoms. The number of esters is 2. The number of nitrogens with one attached hydrogen (secondary N) is 5. The number of ether oxygens (including phenoxy) is 2. The van der Waals surface area contributed by atoms with Crippen molar-refractivity contribution in [2.24, 2.45) is 41.4 Å². The van der Waals surface area contributed by atoms with Gasteiger partial charge in [-0.15, -0.1) is 0 Å². The molecule has 334 valence electrons. The van der Waals surface area contributed by atoms with Crippen LogP contribution in [0.4, 0.5) is 0 Å². The monoisotopic (exact) mass is 822 g/mol. The third-order valence-corrected chi connectivity index (χ3v) is 11.3. The van der Waals surface area contributed by atoms with Gasteiger partial charge in [0.15, 0.2) is 6.10 Å². The Hall–Kier alpha value is -3.71. The van der Waals surface area contributed by atoms with Gasteiger partial charge in [-0.3, -0.25) is 24.0 Å². The van der Waals surface area contributed by atoms with E-state index >= 15 is 0 Å². The molecule has 0 aromatic rings. The van der Waals surface area contributed by atoms with Crippen LogP contribution in [0.25, 0.3) is 0 Å². The summed E-state index contributed by atoms with van der Waals surface area (Å²) >= 11 is 0. The van der Waals surface area contributed by atoms with E-state index in [-0.39, 0.29) is 30.1 Å². The average molecular weight is 822 g/mol. The van der Waals surface area contributed by atoms with Crippen LogP contribution in [0.15, 0.2) is 0 Å². The maximum atomic E-state index is 13.9. The number of carbonyl (C=O) groups excluding carboxylic acids is 7. The fourth-order valence-electron chi connectivity index (χ4n) is 7.26. The van der Waals surface area contributed by atoms with Crippen LogP contribution < -0.4 is 26.6 Å². The van der Waals surface area contributed by atoms with Crippen LogP contribution >= 0.6 is 0 Å². The standard InChI is InChI=1S/C44H79N5O9/c1-15-19-31-28(12)39(51)47-33(21-17-3)30(14)41(53)49-36(25(7)8)43(55)58-37(26(9)10)44(56)57-35(23-24(5)6)42(54)48-34(22-18-4)29(13)40(52)46-32(20-16-2)27(11)38(50)45-31/h24-37H,15-23H2,1-14H3,(H,45,50)(H,46,52)(H,47,51)(H,48,54)(H,49,53). The van der Waals surface area contributed by atoms with Crippen molar-refractivity contribution in [1.29, 1.82) is 0 Å². The van der Waals surface area contributed by atoms with E-state index in [1.54, 1.807) is 55.4 Å². The second-order valence-electron chi connectivity index (χ2n) is 17.7. The maximum Gasteiger partial charge on any atom is 0.348 e. The summed E-state index contributed by atoms with van der Waals surface area (Å²) in [4.78, 5) is 96.9. The lowest BCUT2D eigenvalue weighted by Crippen LogP contribution is -2.55. The summed E-state index contributed by atoms with van der Waals surface area (Å²) in [6.07, 6.45) is 2.26. The minimum absolute atomic E-state index is 0.0591. The number of carbonyl (C=O) groups is 7. The van der Waals surface area contributed by atoms with Crippen molar-refractivity contribution in [3.05, 3.63) is 0 Å². The Labute approximate surface area is 349 Å². The predicted molar refractivity (Wildman–Crippen MR) is 225 cm³/mol. The van der Waals surface area contributed by atoms with Crippen LogP contribution in [-0.2, 0) is 43.0 Å². The van der Waals surface area contributed by atoms with Crippen LogP contribution in [0, 0.1) is 41.4 Å². The van der Waals surface area contributed by atoms with E-state index in [1.165, 1.54) is 0 Å².